The van der Waals surface area contributed by atoms with Crippen molar-refractivity contribution < 1.29 is 4.39 Å². The molecule has 2 rings (SSSR count). The number of hydrogen-bond donors (Lipinski definition) is 2. The van der Waals surface area contributed by atoms with Crippen molar-refractivity contribution in [3.63, 3.8) is 0 Å². The van der Waals surface area contributed by atoms with Crippen LogP contribution in [-0.4, -0.2) is 17.5 Å². The van der Waals surface area contributed by atoms with E-state index in [4.69, 9.17) is 0 Å². The minimum absolute atomic E-state index is 0. The Hall–Kier alpha value is -1.70. The number of nitrogens with one attached hydrogen (secondary N) is 2. The van der Waals surface area contributed by atoms with Gasteiger partial charge in [0.05, 0.1) is 18.8 Å². The Kier molecular flexibility index (Phi) is 8.53. The molecule has 124 valence electrons. The molecule has 0 aliphatic carbocycles. The standard InChI is InChI=1S/C17H21FN4.HI/c1-3-19-17(21-11-14-6-8-15(18)9-7-14)22-12-16-13(2)5-4-10-20-16;/h4-10H,3,11-12H2,1-2H3,(H2,19,21,22);1H. The second kappa shape index (κ2) is 10.1. The van der Waals surface area contributed by atoms with Crippen LogP contribution in [0.5, 0.6) is 0 Å². The zero-order valence-electron chi connectivity index (χ0n) is 13.3. The molecule has 1 heterocycles. The first-order valence-corrected chi connectivity index (χ1v) is 7.36. The fourth-order valence-electron chi connectivity index (χ4n) is 1.97. The predicted octanol–water partition coefficient (Wildman–Crippen LogP) is 3.40. The monoisotopic (exact) mass is 428 g/mol. The highest BCUT2D eigenvalue weighted by Crippen LogP contribution is 2.04. The Labute approximate surface area is 153 Å². The molecule has 0 bridgehead atoms. The SMILES string of the molecule is CCNC(=NCc1ccc(F)cc1)NCc1ncccc1C.I. The summed E-state index contributed by atoms with van der Waals surface area (Å²) in [5.74, 6) is 0.486. The molecule has 0 radical (unpaired) electrons. The first kappa shape index (κ1) is 19.3. The molecule has 0 aliphatic heterocycles. The van der Waals surface area contributed by atoms with Gasteiger partial charge in [0, 0.05) is 12.7 Å². The van der Waals surface area contributed by atoms with Crippen LogP contribution in [0.3, 0.4) is 0 Å². The molecule has 0 saturated heterocycles. The fraction of sp³-hybridized carbons (Fsp3) is 0.294. The predicted molar refractivity (Wildman–Crippen MR) is 102 cm³/mol. The number of guanidine groups is 1. The highest BCUT2D eigenvalue weighted by molar-refractivity contribution is 14.0. The topological polar surface area (TPSA) is 49.3 Å². The van der Waals surface area contributed by atoms with Crippen molar-refractivity contribution in [2.45, 2.75) is 26.9 Å². The molecule has 0 unspecified atom stereocenters. The fourth-order valence-corrected chi connectivity index (χ4v) is 1.97. The largest absolute Gasteiger partial charge is 0.357 e. The van der Waals surface area contributed by atoms with Crippen LogP contribution in [0.4, 0.5) is 4.39 Å². The molecule has 0 spiro atoms. The Morgan fingerprint density at radius 3 is 2.57 bits per heavy atom. The highest BCUT2D eigenvalue weighted by Gasteiger charge is 2.02. The smallest absolute Gasteiger partial charge is 0.191 e. The first-order valence-electron chi connectivity index (χ1n) is 7.36. The number of aromatic nitrogens is 1. The zero-order valence-corrected chi connectivity index (χ0v) is 15.7. The zero-order chi connectivity index (χ0) is 15.8. The van der Waals surface area contributed by atoms with Crippen molar-refractivity contribution >= 4 is 29.9 Å². The third kappa shape index (κ3) is 6.52. The van der Waals surface area contributed by atoms with E-state index < -0.39 is 0 Å². The van der Waals surface area contributed by atoms with Crippen molar-refractivity contribution in [1.82, 2.24) is 15.6 Å². The molecule has 2 aromatic rings. The third-order valence-electron chi connectivity index (χ3n) is 3.22. The molecule has 6 heteroatoms. The molecule has 1 aromatic carbocycles. The number of nitrogens with zero attached hydrogens (tertiary/aromatic N) is 2. The molecule has 0 aliphatic rings. The lowest BCUT2D eigenvalue weighted by Crippen LogP contribution is -2.37. The van der Waals surface area contributed by atoms with Gasteiger partial charge in [-0.3, -0.25) is 4.98 Å². The Morgan fingerprint density at radius 1 is 1.17 bits per heavy atom. The van der Waals surface area contributed by atoms with Gasteiger partial charge in [0.15, 0.2) is 5.96 Å². The molecule has 2 N–H and O–H groups in total. The number of pyridine rings is 1. The van der Waals surface area contributed by atoms with Gasteiger partial charge < -0.3 is 10.6 Å². The maximum absolute atomic E-state index is 12.9. The van der Waals surface area contributed by atoms with Gasteiger partial charge in [-0.2, -0.15) is 0 Å². The average Bonchev–Trinajstić information content (AvgIpc) is 2.53. The van der Waals surface area contributed by atoms with E-state index in [0.29, 0.717) is 13.1 Å². The minimum Gasteiger partial charge on any atom is -0.357 e. The number of benzene rings is 1. The van der Waals surface area contributed by atoms with Crippen molar-refractivity contribution in [1.29, 1.82) is 0 Å². The lowest BCUT2D eigenvalue weighted by molar-refractivity contribution is 0.627. The lowest BCUT2D eigenvalue weighted by atomic mass is 10.2. The van der Waals surface area contributed by atoms with Crippen LogP contribution in [0.25, 0.3) is 0 Å². The molecule has 0 fully saturated rings. The lowest BCUT2D eigenvalue weighted by Gasteiger charge is -2.12. The van der Waals surface area contributed by atoms with E-state index in [2.05, 4.69) is 20.6 Å². The van der Waals surface area contributed by atoms with E-state index in [9.17, 15) is 4.39 Å². The van der Waals surface area contributed by atoms with Gasteiger partial charge in [-0.25, -0.2) is 9.38 Å². The van der Waals surface area contributed by atoms with Crippen LogP contribution >= 0.6 is 24.0 Å². The van der Waals surface area contributed by atoms with Crippen LogP contribution < -0.4 is 10.6 Å². The maximum Gasteiger partial charge on any atom is 0.191 e. The van der Waals surface area contributed by atoms with Crippen molar-refractivity contribution in [2.75, 3.05) is 6.54 Å². The second-order valence-electron chi connectivity index (χ2n) is 4.94. The van der Waals surface area contributed by atoms with Crippen LogP contribution in [0.1, 0.15) is 23.7 Å². The number of hydrogen-bond acceptors (Lipinski definition) is 2. The highest BCUT2D eigenvalue weighted by atomic mass is 127. The Morgan fingerprint density at radius 2 is 1.91 bits per heavy atom. The van der Waals surface area contributed by atoms with Gasteiger partial charge in [-0.15, -0.1) is 24.0 Å². The molecule has 0 saturated carbocycles. The summed E-state index contributed by atoms with van der Waals surface area (Å²) >= 11 is 0. The molecule has 1 aromatic heterocycles. The van der Waals surface area contributed by atoms with Gasteiger partial charge in [-0.1, -0.05) is 18.2 Å². The van der Waals surface area contributed by atoms with Crippen molar-refractivity contribution in [3.05, 3.63) is 65.2 Å². The third-order valence-corrected chi connectivity index (χ3v) is 3.22. The number of halogens is 2. The molecular weight excluding hydrogens is 406 g/mol. The van der Waals surface area contributed by atoms with Gasteiger partial charge in [0.2, 0.25) is 0 Å². The number of aliphatic imine (C=N–C) groups is 1. The van der Waals surface area contributed by atoms with E-state index in [1.807, 2.05) is 26.0 Å². The summed E-state index contributed by atoms with van der Waals surface area (Å²) in [5, 5.41) is 6.45. The van der Waals surface area contributed by atoms with Crippen LogP contribution in [0.2, 0.25) is 0 Å². The van der Waals surface area contributed by atoms with Crippen molar-refractivity contribution in [2.24, 2.45) is 4.99 Å². The Balaban J connectivity index is 0.00000264. The second-order valence-corrected chi connectivity index (χ2v) is 4.94. The van der Waals surface area contributed by atoms with Crippen LogP contribution in [0, 0.1) is 12.7 Å². The van der Waals surface area contributed by atoms with Crippen molar-refractivity contribution in [3.8, 4) is 0 Å². The summed E-state index contributed by atoms with van der Waals surface area (Å²) in [7, 11) is 0. The van der Waals surface area contributed by atoms with Gasteiger partial charge in [-0.05, 0) is 43.2 Å². The summed E-state index contributed by atoms with van der Waals surface area (Å²) in [6, 6.07) is 10.3. The summed E-state index contributed by atoms with van der Waals surface area (Å²) < 4.78 is 12.9. The summed E-state index contributed by atoms with van der Waals surface area (Å²) in [6.45, 7) is 5.93. The number of rotatable bonds is 5. The molecule has 4 nitrogen and oxygen atoms in total. The van der Waals surface area contributed by atoms with Crippen LogP contribution in [0.15, 0.2) is 47.6 Å². The quantitative estimate of drug-likeness (QED) is 0.436. The van der Waals surface area contributed by atoms with E-state index in [1.54, 1.807) is 18.3 Å². The molecule has 0 amide bonds. The van der Waals surface area contributed by atoms with E-state index >= 15 is 0 Å². The first-order chi connectivity index (χ1) is 10.7. The summed E-state index contributed by atoms with van der Waals surface area (Å²) in [5.41, 5.74) is 3.10. The minimum atomic E-state index is -0.233. The van der Waals surface area contributed by atoms with Gasteiger partial charge in [0.25, 0.3) is 0 Å². The molecule has 23 heavy (non-hydrogen) atoms. The average molecular weight is 428 g/mol. The maximum atomic E-state index is 12.9. The van der Waals surface area contributed by atoms with E-state index in [-0.39, 0.29) is 29.8 Å². The summed E-state index contributed by atoms with van der Waals surface area (Å²) in [4.78, 5) is 8.85. The van der Waals surface area contributed by atoms with Crippen LogP contribution in [-0.2, 0) is 13.1 Å². The van der Waals surface area contributed by atoms with E-state index in [1.165, 1.54) is 12.1 Å². The van der Waals surface area contributed by atoms with Gasteiger partial charge in [0.1, 0.15) is 5.82 Å². The molecular formula is C17H22FIN4. The van der Waals surface area contributed by atoms with Gasteiger partial charge >= 0.3 is 0 Å². The molecule has 0 atom stereocenters. The normalized spacial score (nSPS) is 10.8. The number of aryl methyl sites for hydroxylation is 1. The summed E-state index contributed by atoms with van der Waals surface area (Å²) in [6.07, 6.45) is 1.78. The Bertz CT molecular complexity index is 629. The van der Waals surface area contributed by atoms with E-state index in [0.717, 1.165) is 29.3 Å².